The summed E-state index contributed by atoms with van der Waals surface area (Å²) in [5.41, 5.74) is -1.44. The molecule has 0 aromatic heterocycles. The van der Waals surface area contributed by atoms with Gasteiger partial charge < -0.3 is 20.8 Å². The summed E-state index contributed by atoms with van der Waals surface area (Å²) in [6, 6.07) is -0.376. The zero-order valence-electron chi connectivity index (χ0n) is 11.4. The minimum absolute atomic E-state index is 0.0842. The molecule has 1 rings (SSSR count). The molecule has 110 valence electrons. The third-order valence-corrected chi connectivity index (χ3v) is 4.62. The molecule has 2 unspecified atom stereocenters. The Morgan fingerprint density at radius 1 is 1.42 bits per heavy atom. The van der Waals surface area contributed by atoms with Gasteiger partial charge >= 0.3 is 12.0 Å². The average molecular weight is 290 g/mol. The lowest BCUT2D eigenvalue weighted by molar-refractivity contribution is -0.141. The molecule has 7 heteroatoms. The van der Waals surface area contributed by atoms with Crippen LogP contribution in [0.25, 0.3) is 0 Å². The van der Waals surface area contributed by atoms with E-state index in [0.29, 0.717) is 6.54 Å². The van der Waals surface area contributed by atoms with Crippen LogP contribution in [0.3, 0.4) is 0 Å². The van der Waals surface area contributed by atoms with E-state index >= 15 is 0 Å². The van der Waals surface area contributed by atoms with Crippen LogP contribution in [-0.2, 0) is 4.79 Å². The molecule has 2 amide bonds. The lowest BCUT2D eigenvalue weighted by atomic mass is 10.0. The standard InChI is InChI=1S/C12H22N2O4S/c1-11(18,6-9(15)16)7-13-10(17)14-8-12(2)4-3-5-19-12/h18H,3-8H2,1-2H3,(H,15,16)(H2,13,14,17). The van der Waals surface area contributed by atoms with Crippen molar-refractivity contribution >= 4 is 23.8 Å². The van der Waals surface area contributed by atoms with Crippen molar-refractivity contribution in [1.29, 1.82) is 0 Å². The summed E-state index contributed by atoms with van der Waals surface area (Å²) in [6.07, 6.45) is 1.84. The Hall–Kier alpha value is -0.950. The number of thioether (sulfide) groups is 1. The van der Waals surface area contributed by atoms with Gasteiger partial charge in [-0.3, -0.25) is 4.79 Å². The summed E-state index contributed by atoms with van der Waals surface area (Å²) in [7, 11) is 0. The number of amides is 2. The van der Waals surface area contributed by atoms with Gasteiger partial charge in [-0.05, 0) is 32.4 Å². The quantitative estimate of drug-likeness (QED) is 0.580. The topological polar surface area (TPSA) is 98.7 Å². The number of hydrogen-bond donors (Lipinski definition) is 4. The molecule has 1 aliphatic rings. The van der Waals surface area contributed by atoms with Crippen molar-refractivity contribution in [1.82, 2.24) is 10.6 Å². The molecule has 4 N–H and O–H groups in total. The van der Waals surface area contributed by atoms with Crippen molar-refractivity contribution in [3.63, 3.8) is 0 Å². The monoisotopic (exact) mass is 290 g/mol. The van der Waals surface area contributed by atoms with Crippen LogP contribution in [0.15, 0.2) is 0 Å². The first-order chi connectivity index (χ1) is 8.72. The Bertz CT molecular complexity index is 341. The highest BCUT2D eigenvalue weighted by atomic mass is 32.2. The molecule has 0 radical (unpaired) electrons. The number of aliphatic carboxylic acids is 1. The Morgan fingerprint density at radius 3 is 2.63 bits per heavy atom. The highest BCUT2D eigenvalue weighted by Gasteiger charge is 2.30. The lowest BCUT2D eigenvalue weighted by Crippen LogP contribution is -2.48. The molecule has 1 heterocycles. The van der Waals surface area contributed by atoms with Gasteiger partial charge in [-0.15, -0.1) is 0 Å². The van der Waals surface area contributed by atoms with Gasteiger partial charge in [-0.1, -0.05) is 0 Å². The van der Waals surface area contributed by atoms with Crippen LogP contribution >= 0.6 is 11.8 Å². The summed E-state index contributed by atoms with van der Waals surface area (Å²) >= 11 is 1.85. The second-order valence-electron chi connectivity index (χ2n) is 5.51. The molecule has 1 saturated heterocycles. The second kappa shape index (κ2) is 6.47. The van der Waals surface area contributed by atoms with Crippen molar-refractivity contribution in [2.75, 3.05) is 18.8 Å². The van der Waals surface area contributed by atoms with Gasteiger partial charge in [-0.25, -0.2) is 4.79 Å². The number of hydrogen-bond acceptors (Lipinski definition) is 4. The van der Waals surface area contributed by atoms with Gasteiger partial charge in [0.15, 0.2) is 0 Å². The van der Waals surface area contributed by atoms with E-state index in [1.165, 1.54) is 6.92 Å². The van der Waals surface area contributed by atoms with E-state index in [-0.39, 0.29) is 17.3 Å². The first-order valence-corrected chi connectivity index (χ1v) is 7.31. The molecular formula is C12H22N2O4S. The largest absolute Gasteiger partial charge is 0.481 e. The van der Waals surface area contributed by atoms with Crippen molar-refractivity contribution in [3.8, 4) is 0 Å². The van der Waals surface area contributed by atoms with Crippen LogP contribution in [0.2, 0.25) is 0 Å². The Labute approximate surface area is 117 Å². The maximum absolute atomic E-state index is 11.6. The third-order valence-electron chi connectivity index (χ3n) is 3.09. The highest BCUT2D eigenvalue weighted by molar-refractivity contribution is 8.00. The number of carbonyl (C=O) groups is 2. The fraction of sp³-hybridized carbons (Fsp3) is 0.833. The van der Waals surface area contributed by atoms with Crippen LogP contribution in [0.5, 0.6) is 0 Å². The fourth-order valence-electron chi connectivity index (χ4n) is 1.97. The minimum atomic E-state index is -1.44. The Kier molecular flexibility index (Phi) is 5.49. The number of rotatable bonds is 6. The van der Waals surface area contributed by atoms with Crippen LogP contribution in [0.4, 0.5) is 4.79 Å². The number of carboxylic acids is 1. The van der Waals surface area contributed by atoms with Crippen molar-refractivity contribution in [2.45, 2.75) is 43.5 Å². The summed E-state index contributed by atoms with van der Waals surface area (Å²) in [5.74, 6) is 0.0229. The predicted octanol–water partition coefficient (Wildman–Crippen LogP) is 0.797. The zero-order valence-corrected chi connectivity index (χ0v) is 12.2. The maximum atomic E-state index is 11.6. The first-order valence-electron chi connectivity index (χ1n) is 6.32. The molecule has 1 fully saturated rings. The number of carboxylic acid groups (broad SMARTS) is 1. The van der Waals surface area contributed by atoms with Gasteiger partial charge in [-0.2, -0.15) is 11.8 Å². The number of urea groups is 1. The molecule has 0 aromatic rings. The smallest absolute Gasteiger partial charge is 0.314 e. The molecule has 1 aliphatic heterocycles. The average Bonchev–Trinajstić information content (AvgIpc) is 2.70. The SMILES string of the molecule is CC(O)(CNC(=O)NCC1(C)CCCS1)CC(=O)O. The van der Waals surface area contributed by atoms with E-state index in [1.807, 2.05) is 11.8 Å². The molecule has 0 spiro atoms. The van der Waals surface area contributed by atoms with Crippen LogP contribution in [0.1, 0.15) is 33.1 Å². The van der Waals surface area contributed by atoms with E-state index in [0.717, 1.165) is 18.6 Å². The number of carbonyl (C=O) groups excluding carboxylic acids is 1. The van der Waals surface area contributed by atoms with Crippen molar-refractivity contribution < 1.29 is 19.8 Å². The van der Waals surface area contributed by atoms with Crippen LogP contribution < -0.4 is 10.6 Å². The molecule has 6 nitrogen and oxygen atoms in total. The number of aliphatic hydroxyl groups is 1. The summed E-state index contributed by atoms with van der Waals surface area (Å²) in [6.45, 7) is 3.99. The predicted molar refractivity (Wildman–Crippen MR) is 74.4 cm³/mol. The van der Waals surface area contributed by atoms with Gasteiger partial charge in [0.2, 0.25) is 0 Å². The van der Waals surface area contributed by atoms with Gasteiger partial charge in [0.25, 0.3) is 0 Å². The zero-order chi connectivity index (χ0) is 14.5. The fourth-order valence-corrected chi connectivity index (χ4v) is 3.21. The van der Waals surface area contributed by atoms with E-state index < -0.39 is 18.0 Å². The van der Waals surface area contributed by atoms with Gasteiger partial charge in [0, 0.05) is 17.8 Å². The van der Waals surface area contributed by atoms with Crippen molar-refractivity contribution in [3.05, 3.63) is 0 Å². The van der Waals surface area contributed by atoms with Gasteiger partial charge in [0.1, 0.15) is 0 Å². The van der Waals surface area contributed by atoms with E-state index in [9.17, 15) is 14.7 Å². The summed E-state index contributed by atoms with van der Waals surface area (Å²) in [4.78, 5) is 22.1. The molecule has 19 heavy (non-hydrogen) atoms. The van der Waals surface area contributed by atoms with Gasteiger partial charge in [0.05, 0.1) is 12.0 Å². The second-order valence-corrected chi connectivity index (χ2v) is 7.19. The molecule has 0 aliphatic carbocycles. The van der Waals surface area contributed by atoms with E-state index in [2.05, 4.69) is 17.6 Å². The van der Waals surface area contributed by atoms with Crippen LogP contribution in [-0.4, -0.2) is 51.4 Å². The molecular weight excluding hydrogens is 268 g/mol. The molecule has 2 atom stereocenters. The summed E-state index contributed by atoms with van der Waals surface area (Å²) < 4.78 is 0.0842. The molecule has 0 bridgehead atoms. The maximum Gasteiger partial charge on any atom is 0.314 e. The normalized spacial score (nSPS) is 25.6. The molecule has 0 saturated carbocycles. The first kappa shape index (κ1) is 16.1. The third kappa shape index (κ3) is 6.15. The van der Waals surface area contributed by atoms with Crippen LogP contribution in [0, 0.1) is 0 Å². The Balaban J connectivity index is 2.26. The molecule has 0 aromatic carbocycles. The summed E-state index contributed by atoms with van der Waals surface area (Å²) in [5, 5.41) is 23.6. The van der Waals surface area contributed by atoms with E-state index in [4.69, 9.17) is 5.11 Å². The lowest BCUT2D eigenvalue weighted by Gasteiger charge is -2.25. The minimum Gasteiger partial charge on any atom is -0.481 e. The van der Waals surface area contributed by atoms with E-state index in [1.54, 1.807) is 0 Å². The highest BCUT2D eigenvalue weighted by Crippen LogP contribution is 2.36. The number of nitrogens with one attached hydrogen (secondary N) is 2. The van der Waals surface area contributed by atoms with Crippen molar-refractivity contribution in [2.24, 2.45) is 0 Å². The Morgan fingerprint density at radius 2 is 2.11 bits per heavy atom.